The Balaban J connectivity index is 1.22. The van der Waals surface area contributed by atoms with Gasteiger partial charge in [-0.2, -0.15) is 0 Å². The van der Waals surface area contributed by atoms with Crippen LogP contribution in [0.2, 0.25) is 0 Å². The third kappa shape index (κ3) is 3.67. The van der Waals surface area contributed by atoms with Gasteiger partial charge in [-0.15, -0.1) is 0 Å². The van der Waals surface area contributed by atoms with Crippen molar-refractivity contribution in [1.29, 1.82) is 0 Å². The van der Waals surface area contributed by atoms with Gasteiger partial charge in [0.25, 0.3) is 0 Å². The minimum atomic E-state index is -0.0792. The fourth-order valence-corrected chi connectivity index (χ4v) is 8.16. The average Bonchev–Trinajstić information content (AvgIpc) is 3.50. The molecular weight excluding hydrogens is 571 g/mol. The topological polar surface area (TPSA) is 14.2 Å². The summed E-state index contributed by atoms with van der Waals surface area (Å²) in [6, 6.07) is 55.0. The highest BCUT2D eigenvalue weighted by Crippen LogP contribution is 2.53. The lowest BCUT2D eigenvalue weighted by Crippen LogP contribution is -2.14. The molecule has 1 aliphatic carbocycles. The van der Waals surface area contributed by atoms with Gasteiger partial charge >= 0.3 is 0 Å². The summed E-state index contributed by atoms with van der Waals surface area (Å²) in [5, 5.41) is 2.54. The van der Waals surface area contributed by atoms with Crippen LogP contribution >= 0.6 is 0 Å². The van der Waals surface area contributed by atoms with Gasteiger partial charge < -0.3 is 9.30 Å². The first-order valence-electron chi connectivity index (χ1n) is 16.4. The predicted molar refractivity (Wildman–Crippen MR) is 195 cm³/mol. The largest absolute Gasteiger partial charge is 0.455 e. The van der Waals surface area contributed by atoms with E-state index in [2.05, 4.69) is 170 Å². The molecule has 0 atom stereocenters. The molecule has 8 aromatic rings. The number of fused-ring (bicyclic) bond motifs is 11. The highest BCUT2D eigenvalue weighted by atomic mass is 16.5. The first kappa shape index (κ1) is 26.4. The second-order valence-electron chi connectivity index (χ2n) is 13.3. The van der Waals surface area contributed by atoms with Gasteiger partial charge in [-0.1, -0.05) is 129 Å². The fraction of sp³-hybridized carbons (Fsp3) is 0.0667. The number of hydrogen-bond donors (Lipinski definition) is 0. The molecule has 0 fully saturated rings. The van der Waals surface area contributed by atoms with Crippen molar-refractivity contribution < 1.29 is 4.74 Å². The zero-order chi connectivity index (χ0) is 31.3. The molecule has 2 nitrogen and oxygen atoms in total. The second-order valence-corrected chi connectivity index (χ2v) is 13.3. The van der Waals surface area contributed by atoms with Gasteiger partial charge in [-0.3, -0.25) is 0 Å². The summed E-state index contributed by atoms with van der Waals surface area (Å²) in [6.45, 7) is 4.71. The number of ether oxygens (including phenoxy) is 1. The van der Waals surface area contributed by atoms with Crippen molar-refractivity contribution in [2.24, 2.45) is 0 Å². The van der Waals surface area contributed by atoms with Crippen molar-refractivity contribution in [3.63, 3.8) is 0 Å². The molecule has 0 spiro atoms. The predicted octanol–water partition coefficient (Wildman–Crippen LogP) is 12.2. The van der Waals surface area contributed by atoms with Crippen LogP contribution in [0.4, 0.5) is 0 Å². The molecule has 0 N–H and O–H groups in total. The molecule has 0 amide bonds. The SMILES string of the molecule is CC1(C)c2ccccc2-c2cc3c4ccccc4n(-c4ccc5c(c4)-c4ccccc4-c4cccc(-c6ccccc6)c4O5)c3cc21. The quantitative estimate of drug-likeness (QED) is 0.192. The normalized spacial score (nSPS) is 13.7. The summed E-state index contributed by atoms with van der Waals surface area (Å²) in [6.07, 6.45) is 0. The van der Waals surface area contributed by atoms with E-state index >= 15 is 0 Å². The van der Waals surface area contributed by atoms with Crippen LogP contribution in [0, 0.1) is 0 Å². The molecule has 0 saturated heterocycles. The Morgan fingerprint density at radius 1 is 0.447 bits per heavy atom. The summed E-state index contributed by atoms with van der Waals surface area (Å²) in [7, 11) is 0. The number of para-hydroxylation sites is 2. The molecular formula is C45H31NO. The lowest BCUT2D eigenvalue weighted by molar-refractivity contribution is 0.489. The average molecular weight is 602 g/mol. The van der Waals surface area contributed by atoms with Crippen LogP contribution in [0.15, 0.2) is 152 Å². The molecule has 0 radical (unpaired) electrons. The zero-order valence-corrected chi connectivity index (χ0v) is 26.3. The monoisotopic (exact) mass is 601 g/mol. The van der Waals surface area contributed by atoms with E-state index in [0.717, 1.165) is 39.4 Å². The van der Waals surface area contributed by atoms with Gasteiger partial charge in [0, 0.05) is 38.6 Å². The minimum Gasteiger partial charge on any atom is -0.455 e. The smallest absolute Gasteiger partial charge is 0.143 e. The van der Waals surface area contributed by atoms with E-state index < -0.39 is 0 Å². The molecule has 10 rings (SSSR count). The second kappa shape index (κ2) is 9.57. The summed E-state index contributed by atoms with van der Waals surface area (Å²) >= 11 is 0. The van der Waals surface area contributed by atoms with E-state index in [4.69, 9.17) is 4.74 Å². The Labute approximate surface area is 274 Å². The van der Waals surface area contributed by atoms with Crippen LogP contribution in [-0.4, -0.2) is 4.57 Å². The van der Waals surface area contributed by atoms with E-state index in [1.165, 1.54) is 55.2 Å². The molecule has 222 valence electrons. The maximum atomic E-state index is 6.93. The van der Waals surface area contributed by atoms with Gasteiger partial charge in [-0.25, -0.2) is 0 Å². The summed E-state index contributed by atoms with van der Waals surface area (Å²) in [5.41, 5.74) is 15.7. The summed E-state index contributed by atoms with van der Waals surface area (Å²) in [4.78, 5) is 0. The summed E-state index contributed by atoms with van der Waals surface area (Å²) < 4.78 is 9.38. The Morgan fingerprint density at radius 3 is 1.98 bits per heavy atom. The van der Waals surface area contributed by atoms with Crippen LogP contribution in [-0.2, 0) is 5.41 Å². The van der Waals surface area contributed by atoms with Crippen LogP contribution in [0.5, 0.6) is 11.5 Å². The van der Waals surface area contributed by atoms with Crippen LogP contribution in [0.25, 0.3) is 72.0 Å². The van der Waals surface area contributed by atoms with Crippen molar-refractivity contribution in [2.75, 3.05) is 0 Å². The molecule has 0 saturated carbocycles. The Morgan fingerprint density at radius 2 is 1.13 bits per heavy atom. The highest BCUT2D eigenvalue weighted by Gasteiger charge is 2.36. The van der Waals surface area contributed by atoms with Gasteiger partial charge in [-0.05, 0) is 75.3 Å². The number of nitrogens with zero attached hydrogens (tertiary/aromatic N) is 1. The maximum absolute atomic E-state index is 6.93. The number of rotatable bonds is 2. The van der Waals surface area contributed by atoms with E-state index in [0.29, 0.717) is 0 Å². The minimum absolute atomic E-state index is 0.0792. The van der Waals surface area contributed by atoms with Gasteiger partial charge in [0.05, 0.1) is 11.0 Å². The standard InChI is InChI=1S/C45H31NO/c1-45(2)39-21-10-8-17-33(39)36-26-37-34-18-9-11-22-41(34)46(42(37)27-40(36)45)29-23-24-43-38(25-29)32-16-7-6-15-31(32)35-20-12-19-30(44(35)47-43)28-13-4-3-5-14-28/h3-27H,1-2H3. The lowest BCUT2D eigenvalue weighted by atomic mass is 9.82. The number of hydrogen-bond acceptors (Lipinski definition) is 1. The molecule has 1 aromatic heterocycles. The molecule has 2 aliphatic rings. The van der Waals surface area contributed by atoms with Crippen LogP contribution in [0.3, 0.4) is 0 Å². The first-order chi connectivity index (χ1) is 23.1. The Kier molecular flexibility index (Phi) is 5.37. The van der Waals surface area contributed by atoms with E-state index in [-0.39, 0.29) is 5.41 Å². The van der Waals surface area contributed by atoms with Crippen molar-refractivity contribution in [3.8, 4) is 61.7 Å². The van der Waals surface area contributed by atoms with E-state index in [1.807, 2.05) is 0 Å². The molecule has 47 heavy (non-hydrogen) atoms. The van der Waals surface area contributed by atoms with E-state index in [1.54, 1.807) is 0 Å². The third-order valence-electron chi connectivity index (χ3n) is 10.4. The maximum Gasteiger partial charge on any atom is 0.143 e. The molecule has 2 heterocycles. The molecule has 2 heteroatoms. The van der Waals surface area contributed by atoms with Gasteiger partial charge in [0.2, 0.25) is 0 Å². The number of aromatic nitrogens is 1. The van der Waals surface area contributed by atoms with Crippen molar-refractivity contribution in [1.82, 2.24) is 4.57 Å². The van der Waals surface area contributed by atoms with Crippen molar-refractivity contribution in [2.45, 2.75) is 19.3 Å². The summed E-state index contributed by atoms with van der Waals surface area (Å²) in [5.74, 6) is 1.76. The van der Waals surface area contributed by atoms with Crippen molar-refractivity contribution in [3.05, 3.63) is 163 Å². The Hall–Kier alpha value is -5.86. The van der Waals surface area contributed by atoms with Crippen molar-refractivity contribution >= 4 is 21.8 Å². The molecule has 0 bridgehead atoms. The van der Waals surface area contributed by atoms with E-state index in [9.17, 15) is 0 Å². The first-order valence-corrected chi connectivity index (χ1v) is 16.4. The van der Waals surface area contributed by atoms with Gasteiger partial charge in [0.1, 0.15) is 11.5 Å². The van der Waals surface area contributed by atoms with Crippen LogP contribution < -0.4 is 4.74 Å². The van der Waals surface area contributed by atoms with Crippen LogP contribution in [0.1, 0.15) is 25.0 Å². The van der Waals surface area contributed by atoms with Gasteiger partial charge in [0.15, 0.2) is 0 Å². The molecule has 7 aromatic carbocycles. The highest BCUT2D eigenvalue weighted by molar-refractivity contribution is 6.12. The lowest BCUT2D eigenvalue weighted by Gasteiger charge is -2.21. The Bertz CT molecular complexity index is 2570. The number of benzene rings is 7. The zero-order valence-electron chi connectivity index (χ0n) is 26.3. The fourth-order valence-electron chi connectivity index (χ4n) is 8.16. The third-order valence-corrected chi connectivity index (χ3v) is 10.4. The molecule has 0 unspecified atom stereocenters. The molecule has 1 aliphatic heterocycles.